The molecule has 0 unspecified atom stereocenters. The van der Waals surface area contributed by atoms with Gasteiger partial charge in [0.15, 0.2) is 0 Å². The van der Waals surface area contributed by atoms with Gasteiger partial charge < -0.3 is 15.0 Å². The summed E-state index contributed by atoms with van der Waals surface area (Å²) in [5, 5.41) is 4.49. The maximum absolute atomic E-state index is 14.6. The van der Waals surface area contributed by atoms with E-state index in [1.165, 1.54) is 5.57 Å². The maximum atomic E-state index is 14.6. The second-order valence-electron chi connectivity index (χ2n) is 9.78. The summed E-state index contributed by atoms with van der Waals surface area (Å²) in [5.74, 6) is 0.770. The maximum Gasteiger partial charge on any atom is 0.146 e. The first kappa shape index (κ1) is 23.8. The molecule has 2 aromatic carbocycles. The molecule has 0 bridgehead atoms. The van der Waals surface area contributed by atoms with Crippen LogP contribution < -0.4 is 15.0 Å². The number of aromatic nitrogens is 1. The first-order valence-electron chi connectivity index (χ1n) is 12.7. The van der Waals surface area contributed by atoms with E-state index in [-0.39, 0.29) is 5.82 Å². The van der Waals surface area contributed by atoms with Crippen molar-refractivity contribution in [3.05, 3.63) is 71.2 Å². The normalized spacial score (nSPS) is 19.2. The summed E-state index contributed by atoms with van der Waals surface area (Å²) in [6.45, 7) is 10.3. The van der Waals surface area contributed by atoms with Crippen LogP contribution in [-0.4, -0.2) is 61.8 Å². The summed E-state index contributed by atoms with van der Waals surface area (Å²) in [5.41, 5.74) is 5.25. The average Bonchev–Trinajstić information content (AvgIpc) is 2.86. The van der Waals surface area contributed by atoms with Crippen LogP contribution in [0.25, 0.3) is 17.0 Å². The molecule has 5 nitrogen and oxygen atoms in total. The third kappa shape index (κ3) is 5.82. The number of likely N-dealkylation sites (tertiary alicyclic amines) is 1. The topological polar surface area (TPSA) is 40.6 Å². The summed E-state index contributed by atoms with van der Waals surface area (Å²) < 4.78 is 20.7. The molecule has 5 rings (SSSR count). The fraction of sp³-hybridized carbons (Fsp3) is 0.414. The Bertz CT molecular complexity index is 1200. The number of nitrogens with one attached hydrogen (secondary N) is 1. The Hall–Kier alpha value is -2.96. The molecule has 0 aliphatic carbocycles. The Morgan fingerprint density at radius 2 is 1.97 bits per heavy atom. The molecular formula is C29H35FN4O. The van der Waals surface area contributed by atoms with Gasteiger partial charge in [-0.2, -0.15) is 0 Å². The Labute approximate surface area is 207 Å². The molecule has 3 aromatic rings. The molecule has 1 aromatic heterocycles. The van der Waals surface area contributed by atoms with Crippen LogP contribution >= 0.6 is 0 Å². The molecule has 2 aliphatic heterocycles. The predicted octanol–water partition coefficient (Wildman–Crippen LogP) is 5.04. The average molecular weight is 475 g/mol. The molecule has 2 aliphatic rings. The standard InChI is InChI=1S/C29H35FN4O/c1-21-6-8-25-27(32-21)4-3-5-29(25)35-17-16-33-13-10-23(11-14-33)18-24-7-9-26(30)28(19-24)34-15-12-31-22(2)20-34/h3-9,18-19,22,31H,10-17,20H2,1-2H3/t22-/m0/s1. The molecule has 184 valence electrons. The molecule has 0 saturated carbocycles. The minimum atomic E-state index is -0.131. The second kappa shape index (κ2) is 10.8. The largest absolute Gasteiger partial charge is 0.492 e. The summed E-state index contributed by atoms with van der Waals surface area (Å²) in [4.78, 5) is 9.22. The number of pyridine rings is 1. The monoisotopic (exact) mass is 474 g/mol. The SMILES string of the molecule is Cc1ccc2c(OCCN3CCC(=Cc4ccc(F)c(N5CCN[C@@H](C)C5)c4)CC3)cccc2n1. The van der Waals surface area contributed by atoms with Crippen LogP contribution in [0.3, 0.4) is 0 Å². The van der Waals surface area contributed by atoms with Crippen LogP contribution in [-0.2, 0) is 0 Å². The number of hydrogen-bond acceptors (Lipinski definition) is 5. The zero-order valence-corrected chi connectivity index (χ0v) is 20.8. The highest BCUT2D eigenvalue weighted by Gasteiger charge is 2.19. The number of hydrogen-bond donors (Lipinski definition) is 1. The van der Waals surface area contributed by atoms with Gasteiger partial charge in [-0.25, -0.2) is 4.39 Å². The molecule has 2 saturated heterocycles. The van der Waals surface area contributed by atoms with Gasteiger partial charge in [-0.1, -0.05) is 23.8 Å². The van der Waals surface area contributed by atoms with Gasteiger partial charge in [0, 0.05) is 56.4 Å². The highest BCUT2D eigenvalue weighted by Crippen LogP contribution is 2.27. The molecule has 0 spiro atoms. The van der Waals surface area contributed by atoms with Crippen molar-refractivity contribution < 1.29 is 9.13 Å². The third-order valence-electron chi connectivity index (χ3n) is 7.04. The van der Waals surface area contributed by atoms with Crippen LogP contribution in [0.15, 0.2) is 54.1 Å². The molecule has 2 fully saturated rings. The number of benzene rings is 2. The summed E-state index contributed by atoms with van der Waals surface area (Å²) >= 11 is 0. The molecule has 3 heterocycles. The van der Waals surface area contributed by atoms with E-state index in [0.29, 0.717) is 12.6 Å². The van der Waals surface area contributed by atoms with E-state index in [1.54, 1.807) is 6.07 Å². The number of piperazine rings is 1. The van der Waals surface area contributed by atoms with Gasteiger partial charge in [0.2, 0.25) is 0 Å². The van der Waals surface area contributed by atoms with Crippen molar-refractivity contribution in [2.45, 2.75) is 32.7 Å². The molecule has 1 N–H and O–H groups in total. The molecule has 6 heteroatoms. The van der Waals surface area contributed by atoms with Crippen molar-refractivity contribution in [3.8, 4) is 5.75 Å². The summed E-state index contributed by atoms with van der Waals surface area (Å²) in [6, 6.07) is 16.1. The van der Waals surface area contributed by atoms with Crippen molar-refractivity contribution in [1.29, 1.82) is 0 Å². The summed E-state index contributed by atoms with van der Waals surface area (Å²) in [6.07, 6.45) is 4.33. The van der Waals surface area contributed by atoms with Crippen molar-refractivity contribution in [1.82, 2.24) is 15.2 Å². The Kier molecular flexibility index (Phi) is 7.30. The van der Waals surface area contributed by atoms with Crippen LogP contribution in [0.4, 0.5) is 10.1 Å². The molecule has 35 heavy (non-hydrogen) atoms. The van der Waals surface area contributed by atoms with Crippen LogP contribution in [0, 0.1) is 12.7 Å². The smallest absolute Gasteiger partial charge is 0.146 e. The molecule has 0 radical (unpaired) electrons. The fourth-order valence-electron chi connectivity index (χ4n) is 5.10. The lowest BCUT2D eigenvalue weighted by Crippen LogP contribution is -2.49. The number of anilines is 1. The zero-order chi connectivity index (χ0) is 24.2. The molecular weight excluding hydrogens is 439 g/mol. The predicted molar refractivity (Wildman–Crippen MR) is 142 cm³/mol. The van der Waals surface area contributed by atoms with Gasteiger partial charge in [-0.3, -0.25) is 9.88 Å². The molecule has 0 amide bonds. The Morgan fingerprint density at radius 3 is 2.80 bits per heavy atom. The molecule has 1 atom stereocenters. The van der Waals surface area contributed by atoms with Crippen LogP contribution in [0.2, 0.25) is 0 Å². The number of halogens is 1. The van der Waals surface area contributed by atoms with Gasteiger partial charge in [-0.15, -0.1) is 0 Å². The van der Waals surface area contributed by atoms with Gasteiger partial charge in [0.05, 0.1) is 11.2 Å². The third-order valence-corrected chi connectivity index (χ3v) is 7.04. The summed E-state index contributed by atoms with van der Waals surface area (Å²) in [7, 11) is 0. The number of rotatable bonds is 6. The number of nitrogens with zero attached hydrogens (tertiary/aromatic N) is 3. The van der Waals surface area contributed by atoms with Gasteiger partial charge in [-0.05, 0) is 68.7 Å². The quantitative estimate of drug-likeness (QED) is 0.542. The van der Waals surface area contributed by atoms with E-state index in [9.17, 15) is 4.39 Å². The van der Waals surface area contributed by atoms with Crippen LogP contribution in [0.5, 0.6) is 5.75 Å². The van der Waals surface area contributed by atoms with E-state index in [4.69, 9.17) is 4.74 Å². The first-order valence-corrected chi connectivity index (χ1v) is 12.7. The highest BCUT2D eigenvalue weighted by molar-refractivity contribution is 5.85. The van der Waals surface area contributed by atoms with E-state index in [0.717, 1.165) is 85.7 Å². The van der Waals surface area contributed by atoms with Crippen molar-refractivity contribution >= 4 is 22.7 Å². The highest BCUT2D eigenvalue weighted by atomic mass is 19.1. The minimum absolute atomic E-state index is 0.131. The van der Waals surface area contributed by atoms with Crippen LogP contribution in [0.1, 0.15) is 31.0 Å². The number of ether oxygens (including phenoxy) is 1. The van der Waals surface area contributed by atoms with Crippen molar-refractivity contribution in [2.24, 2.45) is 0 Å². The van der Waals surface area contributed by atoms with E-state index in [1.807, 2.05) is 43.3 Å². The second-order valence-corrected chi connectivity index (χ2v) is 9.78. The zero-order valence-electron chi connectivity index (χ0n) is 20.8. The number of fused-ring (bicyclic) bond motifs is 1. The number of piperidine rings is 1. The van der Waals surface area contributed by atoms with E-state index in [2.05, 4.69) is 39.2 Å². The van der Waals surface area contributed by atoms with E-state index < -0.39 is 0 Å². The first-order chi connectivity index (χ1) is 17.0. The van der Waals surface area contributed by atoms with Crippen molar-refractivity contribution in [2.75, 3.05) is 50.8 Å². The minimum Gasteiger partial charge on any atom is -0.492 e. The van der Waals surface area contributed by atoms with E-state index >= 15 is 0 Å². The van der Waals surface area contributed by atoms with Gasteiger partial charge >= 0.3 is 0 Å². The fourth-order valence-corrected chi connectivity index (χ4v) is 5.10. The van der Waals surface area contributed by atoms with Gasteiger partial charge in [0.1, 0.15) is 18.2 Å². The lowest BCUT2D eigenvalue weighted by atomic mass is 10.0. The number of aryl methyl sites for hydroxylation is 1. The Balaban J connectivity index is 1.15. The van der Waals surface area contributed by atoms with Gasteiger partial charge in [0.25, 0.3) is 0 Å². The van der Waals surface area contributed by atoms with Crippen molar-refractivity contribution in [3.63, 3.8) is 0 Å². The lowest BCUT2D eigenvalue weighted by Gasteiger charge is -2.34. The lowest BCUT2D eigenvalue weighted by molar-refractivity contribution is 0.200. The Morgan fingerprint density at radius 1 is 1.11 bits per heavy atom.